The van der Waals surface area contributed by atoms with E-state index < -0.39 is 0 Å². The molecule has 0 unspecified atom stereocenters. The van der Waals surface area contributed by atoms with Crippen LogP contribution in [0.15, 0.2) is 5.38 Å². The van der Waals surface area contributed by atoms with E-state index in [1.54, 1.807) is 11.3 Å². The zero-order valence-electron chi connectivity index (χ0n) is 11.0. The summed E-state index contributed by atoms with van der Waals surface area (Å²) in [5, 5.41) is 11.6. The molecule has 0 atom stereocenters. The monoisotopic (exact) mass is 274 g/mol. The van der Waals surface area contributed by atoms with E-state index in [1.807, 2.05) is 5.38 Å². The molecule has 0 amide bonds. The first kappa shape index (κ1) is 11.9. The number of rotatable bonds is 3. The number of nitriles is 1. The van der Waals surface area contributed by atoms with Gasteiger partial charge in [-0.25, -0.2) is 4.98 Å². The molecule has 0 aromatic carbocycles. The number of hydrogen-bond acceptors (Lipinski definition) is 4. The SMILES string of the molecule is N#Cc1csc(COC23CC4CC(CC(C4)C2)C3)n1. The van der Waals surface area contributed by atoms with Crippen LogP contribution in [0.4, 0.5) is 0 Å². The third-order valence-corrected chi connectivity index (χ3v) is 5.97. The zero-order chi connectivity index (χ0) is 12.9. The second-order valence-electron chi connectivity index (χ2n) is 6.63. The number of ether oxygens (including phenoxy) is 1. The molecule has 1 aromatic heterocycles. The summed E-state index contributed by atoms with van der Waals surface area (Å²) in [7, 11) is 0. The second-order valence-corrected chi connectivity index (χ2v) is 7.57. The van der Waals surface area contributed by atoms with E-state index in [-0.39, 0.29) is 5.60 Å². The molecule has 5 rings (SSSR count). The lowest BCUT2D eigenvalue weighted by Crippen LogP contribution is -2.51. The van der Waals surface area contributed by atoms with Crippen LogP contribution in [0.2, 0.25) is 0 Å². The molecule has 4 aliphatic carbocycles. The van der Waals surface area contributed by atoms with Crippen molar-refractivity contribution in [2.24, 2.45) is 17.8 Å². The highest BCUT2D eigenvalue weighted by molar-refractivity contribution is 7.09. The van der Waals surface area contributed by atoms with Crippen molar-refractivity contribution in [3.8, 4) is 6.07 Å². The highest BCUT2D eigenvalue weighted by Gasteiger charge is 2.51. The second kappa shape index (κ2) is 4.29. The summed E-state index contributed by atoms with van der Waals surface area (Å²) in [4.78, 5) is 4.28. The molecule has 4 bridgehead atoms. The molecule has 1 aromatic rings. The highest BCUT2D eigenvalue weighted by Crippen LogP contribution is 2.57. The molecule has 0 radical (unpaired) electrons. The topological polar surface area (TPSA) is 45.9 Å². The van der Waals surface area contributed by atoms with Crippen LogP contribution in [-0.4, -0.2) is 10.6 Å². The molecular weight excluding hydrogens is 256 g/mol. The predicted molar refractivity (Wildman–Crippen MR) is 72.5 cm³/mol. The summed E-state index contributed by atoms with van der Waals surface area (Å²) < 4.78 is 6.32. The van der Waals surface area contributed by atoms with E-state index in [1.165, 1.54) is 38.5 Å². The molecule has 4 aliphatic rings. The van der Waals surface area contributed by atoms with Gasteiger partial charge in [0.25, 0.3) is 0 Å². The van der Waals surface area contributed by atoms with E-state index in [9.17, 15) is 0 Å². The van der Waals surface area contributed by atoms with Gasteiger partial charge in [-0.2, -0.15) is 5.26 Å². The van der Waals surface area contributed by atoms with Gasteiger partial charge in [0.15, 0.2) is 5.69 Å². The molecule has 1 heterocycles. The summed E-state index contributed by atoms with van der Waals surface area (Å²) in [5.74, 6) is 2.74. The van der Waals surface area contributed by atoms with Gasteiger partial charge >= 0.3 is 0 Å². The molecule has 0 N–H and O–H groups in total. The lowest BCUT2D eigenvalue weighted by Gasteiger charge is -2.56. The first-order valence-electron chi connectivity index (χ1n) is 7.23. The van der Waals surface area contributed by atoms with E-state index in [4.69, 9.17) is 10.00 Å². The first-order valence-corrected chi connectivity index (χ1v) is 8.11. The van der Waals surface area contributed by atoms with Crippen molar-refractivity contribution in [3.05, 3.63) is 16.1 Å². The summed E-state index contributed by atoms with van der Waals surface area (Å²) in [6, 6.07) is 2.08. The fourth-order valence-corrected chi connectivity index (χ4v) is 5.48. The van der Waals surface area contributed by atoms with Gasteiger partial charge in [0, 0.05) is 5.38 Å². The Morgan fingerprint density at radius 1 is 1.26 bits per heavy atom. The third-order valence-electron chi connectivity index (χ3n) is 5.15. The minimum atomic E-state index is 0.146. The van der Waals surface area contributed by atoms with Gasteiger partial charge in [-0.15, -0.1) is 11.3 Å². The smallest absolute Gasteiger partial charge is 0.151 e. The Morgan fingerprint density at radius 2 is 1.89 bits per heavy atom. The molecule has 4 saturated carbocycles. The van der Waals surface area contributed by atoms with Gasteiger partial charge in [-0.3, -0.25) is 0 Å². The molecule has 0 aliphatic heterocycles. The number of hydrogen-bond donors (Lipinski definition) is 0. The van der Waals surface area contributed by atoms with Crippen LogP contribution < -0.4 is 0 Å². The van der Waals surface area contributed by atoms with Crippen molar-refractivity contribution >= 4 is 11.3 Å². The van der Waals surface area contributed by atoms with E-state index in [2.05, 4.69) is 11.1 Å². The average Bonchev–Trinajstić information content (AvgIpc) is 2.83. The highest BCUT2D eigenvalue weighted by atomic mass is 32.1. The quantitative estimate of drug-likeness (QED) is 0.847. The van der Waals surface area contributed by atoms with Crippen LogP contribution in [0.3, 0.4) is 0 Å². The third kappa shape index (κ3) is 2.09. The van der Waals surface area contributed by atoms with Gasteiger partial charge in [-0.1, -0.05) is 0 Å². The van der Waals surface area contributed by atoms with Gasteiger partial charge < -0.3 is 4.74 Å². The maximum atomic E-state index is 8.80. The lowest BCUT2D eigenvalue weighted by molar-refractivity contribution is -0.168. The Labute approximate surface area is 117 Å². The summed E-state index contributed by atoms with van der Waals surface area (Å²) in [6.07, 6.45) is 8.11. The molecule has 4 heteroatoms. The van der Waals surface area contributed by atoms with Crippen molar-refractivity contribution < 1.29 is 4.74 Å². The normalized spacial score (nSPS) is 39.4. The van der Waals surface area contributed by atoms with Crippen molar-refractivity contribution in [2.45, 2.75) is 50.7 Å². The van der Waals surface area contributed by atoms with Gasteiger partial charge in [0.2, 0.25) is 0 Å². The Bertz CT molecular complexity index is 495. The molecule has 0 spiro atoms. The Kier molecular flexibility index (Phi) is 2.68. The van der Waals surface area contributed by atoms with E-state index in [0.29, 0.717) is 12.3 Å². The van der Waals surface area contributed by atoms with Crippen molar-refractivity contribution in [1.29, 1.82) is 5.26 Å². The maximum Gasteiger partial charge on any atom is 0.151 e. The van der Waals surface area contributed by atoms with Crippen LogP contribution in [0.1, 0.15) is 49.2 Å². The Balaban J connectivity index is 1.46. The first-order chi connectivity index (χ1) is 9.25. The molecule has 4 fully saturated rings. The average molecular weight is 274 g/mol. The summed E-state index contributed by atoms with van der Waals surface area (Å²) in [6.45, 7) is 0.596. The van der Waals surface area contributed by atoms with Crippen LogP contribution in [0, 0.1) is 29.1 Å². The zero-order valence-corrected chi connectivity index (χ0v) is 11.8. The molecular formula is C15H18N2OS. The Morgan fingerprint density at radius 3 is 2.42 bits per heavy atom. The minimum absolute atomic E-state index is 0.146. The summed E-state index contributed by atoms with van der Waals surface area (Å²) in [5.41, 5.74) is 0.668. The van der Waals surface area contributed by atoms with Crippen LogP contribution >= 0.6 is 11.3 Å². The van der Waals surface area contributed by atoms with E-state index >= 15 is 0 Å². The minimum Gasteiger partial charge on any atom is -0.368 e. The molecule has 19 heavy (non-hydrogen) atoms. The lowest BCUT2D eigenvalue weighted by atomic mass is 9.54. The standard InChI is InChI=1S/C15H18N2OS/c16-7-13-9-19-14(17-13)8-18-15-4-10-1-11(5-15)3-12(2-10)6-15/h9-12H,1-6,8H2. The van der Waals surface area contributed by atoms with Gasteiger partial charge in [-0.05, 0) is 56.3 Å². The number of aromatic nitrogens is 1. The number of thiazole rings is 1. The van der Waals surface area contributed by atoms with Crippen molar-refractivity contribution in [1.82, 2.24) is 4.98 Å². The van der Waals surface area contributed by atoms with Gasteiger partial charge in [0.1, 0.15) is 11.1 Å². The van der Waals surface area contributed by atoms with Gasteiger partial charge in [0.05, 0.1) is 12.2 Å². The fourth-order valence-electron chi connectivity index (χ4n) is 4.85. The predicted octanol–water partition coefficient (Wildman–Crippen LogP) is 3.50. The van der Waals surface area contributed by atoms with Crippen LogP contribution in [0.5, 0.6) is 0 Å². The number of nitrogens with zero attached hydrogens (tertiary/aromatic N) is 2. The van der Waals surface area contributed by atoms with Crippen LogP contribution in [-0.2, 0) is 11.3 Å². The molecule has 0 saturated heterocycles. The maximum absolute atomic E-state index is 8.80. The fraction of sp³-hybridized carbons (Fsp3) is 0.733. The van der Waals surface area contributed by atoms with Crippen LogP contribution in [0.25, 0.3) is 0 Å². The van der Waals surface area contributed by atoms with Crippen molar-refractivity contribution in [3.63, 3.8) is 0 Å². The molecule has 3 nitrogen and oxygen atoms in total. The Hall–Kier alpha value is -0.920. The van der Waals surface area contributed by atoms with Crippen molar-refractivity contribution in [2.75, 3.05) is 0 Å². The summed E-state index contributed by atoms with van der Waals surface area (Å²) >= 11 is 1.54. The molecule has 100 valence electrons. The largest absolute Gasteiger partial charge is 0.368 e. The van der Waals surface area contributed by atoms with E-state index in [0.717, 1.165) is 22.8 Å².